The zero-order chi connectivity index (χ0) is 21.6. The third-order valence-electron chi connectivity index (χ3n) is 6.16. The molecule has 0 aliphatic carbocycles. The Morgan fingerprint density at radius 1 is 1.10 bits per heavy atom. The van der Waals surface area contributed by atoms with Gasteiger partial charge in [0, 0.05) is 51.9 Å². The molecule has 0 saturated carbocycles. The van der Waals surface area contributed by atoms with Crippen molar-refractivity contribution in [2.24, 2.45) is 0 Å². The molecule has 0 bridgehead atoms. The van der Waals surface area contributed by atoms with Crippen molar-refractivity contribution in [1.29, 1.82) is 0 Å². The number of piperazine rings is 1. The molecular formula is C23H31FN4O3. The van der Waals surface area contributed by atoms with Gasteiger partial charge in [0.2, 0.25) is 0 Å². The number of carbonyl (C=O) groups excluding carboxylic acids is 1. The van der Waals surface area contributed by atoms with Crippen molar-refractivity contribution < 1.29 is 18.3 Å². The number of carbonyl (C=O) groups is 1. The van der Waals surface area contributed by atoms with Gasteiger partial charge in [-0.2, -0.15) is 0 Å². The van der Waals surface area contributed by atoms with E-state index >= 15 is 0 Å². The summed E-state index contributed by atoms with van der Waals surface area (Å²) in [6, 6.07) is 9.23. The predicted molar refractivity (Wildman–Crippen MR) is 115 cm³/mol. The number of nitrogens with one attached hydrogen (secondary N) is 1. The number of piperidine rings is 1. The molecule has 8 heteroatoms. The van der Waals surface area contributed by atoms with Gasteiger partial charge in [-0.05, 0) is 42.7 Å². The van der Waals surface area contributed by atoms with Crippen LogP contribution in [-0.4, -0.2) is 73.2 Å². The highest BCUT2D eigenvalue weighted by atomic mass is 19.1. The maximum Gasteiger partial charge on any atom is 0.317 e. The molecule has 168 valence electrons. The lowest BCUT2D eigenvalue weighted by Crippen LogP contribution is -2.54. The molecule has 0 atom stereocenters. The minimum absolute atomic E-state index is 0.0355. The van der Waals surface area contributed by atoms with E-state index in [0.29, 0.717) is 6.54 Å². The summed E-state index contributed by atoms with van der Waals surface area (Å²) in [5.41, 5.74) is 0.938. The Morgan fingerprint density at radius 2 is 1.84 bits per heavy atom. The van der Waals surface area contributed by atoms with Gasteiger partial charge in [-0.3, -0.25) is 9.80 Å². The Morgan fingerprint density at radius 3 is 2.48 bits per heavy atom. The van der Waals surface area contributed by atoms with Crippen LogP contribution >= 0.6 is 0 Å². The first-order valence-electron chi connectivity index (χ1n) is 11.0. The van der Waals surface area contributed by atoms with Crippen LogP contribution in [0, 0.1) is 5.82 Å². The van der Waals surface area contributed by atoms with Crippen LogP contribution in [0.5, 0.6) is 5.75 Å². The summed E-state index contributed by atoms with van der Waals surface area (Å²) in [5, 5.41) is 3.20. The van der Waals surface area contributed by atoms with Crippen LogP contribution in [-0.2, 0) is 13.1 Å². The molecule has 2 aliphatic rings. The molecule has 2 aliphatic heterocycles. The molecule has 2 saturated heterocycles. The van der Waals surface area contributed by atoms with Crippen molar-refractivity contribution in [3.63, 3.8) is 0 Å². The summed E-state index contributed by atoms with van der Waals surface area (Å²) >= 11 is 0. The van der Waals surface area contributed by atoms with E-state index in [1.165, 1.54) is 13.2 Å². The number of urea groups is 1. The van der Waals surface area contributed by atoms with Gasteiger partial charge in [0.25, 0.3) is 0 Å². The maximum atomic E-state index is 13.9. The van der Waals surface area contributed by atoms with Crippen molar-refractivity contribution in [2.45, 2.75) is 32.0 Å². The number of rotatable bonds is 6. The molecule has 1 N–H and O–H groups in total. The van der Waals surface area contributed by atoms with Crippen LogP contribution < -0.4 is 10.1 Å². The summed E-state index contributed by atoms with van der Waals surface area (Å²) in [7, 11) is 1.47. The number of methoxy groups -OCH3 is 1. The Kier molecular flexibility index (Phi) is 7.09. The van der Waals surface area contributed by atoms with Gasteiger partial charge in [0.05, 0.1) is 19.9 Å². The molecule has 31 heavy (non-hydrogen) atoms. The summed E-state index contributed by atoms with van der Waals surface area (Å²) in [4.78, 5) is 19.2. The standard InChI is InChI=1S/C23H31FN4O3/c1-30-22-5-4-18(15-21(22)24)16-26-8-6-19(7-9-26)25-23(29)28-12-10-27(11-13-28)17-20-3-2-14-31-20/h2-5,14-15,19H,6-13,16-17H2,1H3,(H,25,29). The van der Waals surface area contributed by atoms with Crippen molar-refractivity contribution in [1.82, 2.24) is 20.0 Å². The molecule has 7 nitrogen and oxygen atoms in total. The molecule has 1 aromatic heterocycles. The van der Waals surface area contributed by atoms with Crippen molar-refractivity contribution in [3.05, 3.63) is 53.7 Å². The van der Waals surface area contributed by atoms with E-state index in [2.05, 4.69) is 15.1 Å². The van der Waals surface area contributed by atoms with Crippen molar-refractivity contribution in [2.75, 3.05) is 46.4 Å². The van der Waals surface area contributed by atoms with Gasteiger partial charge >= 0.3 is 6.03 Å². The molecule has 3 heterocycles. The number of nitrogens with zero attached hydrogens (tertiary/aromatic N) is 3. The average molecular weight is 431 g/mol. The average Bonchev–Trinajstić information content (AvgIpc) is 3.29. The minimum atomic E-state index is -0.327. The van der Waals surface area contributed by atoms with E-state index in [1.807, 2.05) is 23.1 Å². The Labute approximate surface area is 182 Å². The Bertz CT molecular complexity index is 845. The number of ether oxygens (including phenoxy) is 1. The van der Waals surface area contributed by atoms with E-state index < -0.39 is 0 Å². The second kappa shape index (κ2) is 10.2. The summed E-state index contributed by atoms with van der Waals surface area (Å²) in [5.74, 6) is 0.903. The molecule has 1 aromatic carbocycles. The van der Waals surface area contributed by atoms with E-state index in [-0.39, 0.29) is 23.6 Å². The minimum Gasteiger partial charge on any atom is -0.494 e. The largest absolute Gasteiger partial charge is 0.494 e. The number of halogens is 1. The van der Waals surface area contributed by atoms with Gasteiger partial charge in [-0.15, -0.1) is 0 Å². The molecule has 0 spiro atoms. The highest BCUT2D eigenvalue weighted by Gasteiger charge is 2.26. The normalized spacial score (nSPS) is 18.8. The molecule has 2 fully saturated rings. The number of likely N-dealkylation sites (tertiary alicyclic amines) is 1. The maximum absolute atomic E-state index is 13.9. The molecule has 2 aromatic rings. The summed E-state index contributed by atoms with van der Waals surface area (Å²) < 4.78 is 24.3. The third kappa shape index (κ3) is 5.77. The lowest BCUT2D eigenvalue weighted by Gasteiger charge is -2.37. The van der Waals surface area contributed by atoms with Crippen LogP contribution in [0.1, 0.15) is 24.2 Å². The number of hydrogen-bond donors (Lipinski definition) is 1. The fourth-order valence-electron chi connectivity index (χ4n) is 4.30. The molecule has 4 rings (SSSR count). The van der Waals surface area contributed by atoms with E-state index in [9.17, 15) is 9.18 Å². The van der Waals surface area contributed by atoms with Crippen LogP contribution in [0.15, 0.2) is 41.0 Å². The van der Waals surface area contributed by atoms with E-state index in [1.54, 1.807) is 12.3 Å². The SMILES string of the molecule is COc1ccc(CN2CCC(NC(=O)N3CCN(Cc4ccco4)CC3)CC2)cc1F. The highest BCUT2D eigenvalue weighted by Crippen LogP contribution is 2.20. The van der Waals surface area contributed by atoms with Crippen LogP contribution in [0.3, 0.4) is 0 Å². The van der Waals surface area contributed by atoms with Crippen molar-refractivity contribution in [3.8, 4) is 5.75 Å². The quantitative estimate of drug-likeness (QED) is 0.764. The first kappa shape index (κ1) is 21.6. The van der Waals surface area contributed by atoms with Gasteiger partial charge in [-0.25, -0.2) is 9.18 Å². The molecule has 0 radical (unpaired) electrons. The van der Waals surface area contributed by atoms with Gasteiger partial charge < -0.3 is 19.4 Å². The topological polar surface area (TPSA) is 61.2 Å². The smallest absolute Gasteiger partial charge is 0.317 e. The van der Waals surface area contributed by atoms with Crippen LogP contribution in [0.25, 0.3) is 0 Å². The zero-order valence-electron chi connectivity index (χ0n) is 18.1. The van der Waals surface area contributed by atoms with Gasteiger partial charge in [0.1, 0.15) is 5.76 Å². The number of benzene rings is 1. The van der Waals surface area contributed by atoms with E-state index in [4.69, 9.17) is 9.15 Å². The highest BCUT2D eigenvalue weighted by molar-refractivity contribution is 5.74. The lowest BCUT2D eigenvalue weighted by atomic mass is 10.0. The third-order valence-corrected chi connectivity index (χ3v) is 6.16. The molecule has 0 unspecified atom stereocenters. The Balaban J connectivity index is 1.17. The Hall–Kier alpha value is -2.58. The van der Waals surface area contributed by atoms with Crippen molar-refractivity contribution >= 4 is 6.03 Å². The first-order valence-corrected chi connectivity index (χ1v) is 11.0. The molecule has 2 amide bonds. The second-order valence-electron chi connectivity index (χ2n) is 8.31. The second-order valence-corrected chi connectivity index (χ2v) is 8.31. The monoisotopic (exact) mass is 430 g/mol. The zero-order valence-corrected chi connectivity index (χ0v) is 18.1. The fourth-order valence-corrected chi connectivity index (χ4v) is 4.30. The predicted octanol–water partition coefficient (Wildman–Crippen LogP) is 2.92. The summed E-state index contributed by atoms with van der Waals surface area (Å²) in [6.07, 6.45) is 3.51. The number of amides is 2. The fraction of sp³-hybridized carbons (Fsp3) is 0.522. The lowest BCUT2D eigenvalue weighted by molar-refractivity contribution is 0.123. The number of hydrogen-bond acceptors (Lipinski definition) is 5. The first-order chi connectivity index (χ1) is 15.1. The van der Waals surface area contributed by atoms with Crippen LogP contribution in [0.2, 0.25) is 0 Å². The van der Waals surface area contributed by atoms with E-state index in [0.717, 1.165) is 70.0 Å². The number of furan rings is 1. The van der Waals surface area contributed by atoms with Crippen LogP contribution in [0.4, 0.5) is 9.18 Å². The molecular weight excluding hydrogens is 399 g/mol. The van der Waals surface area contributed by atoms with Gasteiger partial charge in [-0.1, -0.05) is 6.07 Å². The van der Waals surface area contributed by atoms with Gasteiger partial charge in [0.15, 0.2) is 11.6 Å². The summed E-state index contributed by atoms with van der Waals surface area (Å²) in [6.45, 7) is 6.43.